The number of carbonyl (C=O) groups is 2. The molecular weight excluding hydrogens is 224 g/mol. The van der Waals surface area contributed by atoms with E-state index >= 15 is 0 Å². The molecular formula is C10H14N4O3. The first-order valence-electron chi connectivity index (χ1n) is 5.32. The highest BCUT2D eigenvalue weighted by Crippen LogP contribution is 2.19. The van der Waals surface area contributed by atoms with Gasteiger partial charge < -0.3 is 10.0 Å². The molecule has 0 saturated carbocycles. The van der Waals surface area contributed by atoms with E-state index in [1.54, 1.807) is 28.9 Å². The van der Waals surface area contributed by atoms with Gasteiger partial charge in [0.2, 0.25) is 0 Å². The maximum Gasteiger partial charge on any atom is 0.323 e. The van der Waals surface area contributed by atoms with E-state index in [0.29, 0.717) is 18.9 Å². The molecule has 1 aliphatic rings. The quantitative estimate of drug-likeness (QED) is 0.795. The third kappa shape index (κ3) is 2.74. The SMILES string of the molecule is Cn1ccc(NC(=O)N2CC(CC(=O)O)C2)n1. The van der Waals surface area contributed by atoms with E-state index in [9.17, 15) is 9.59 Å². The monoisotopic (exact) mass is 238 g/mol. The van der Waals surface area contributed by atoms with Crippen molar-refractivity contribution in [3.05, 3.63) is 12.3 Å². The van der Waals surface area contributed by atoms with E-state index in [1.807, 2.05) is 0 Å². The number of amides is 2. The lowest BCUT2D eigenvalue weighted by atomic mass is 9.97. The lowest BCUT2D eigenvalue weighted by Crippen LogP contribution is -2.52. The number of carboxylic acid groups (broad SMARTS) is 1. The number of nitrogens with one attached hydrogen (secondary N) is 1. The molecule has 92 valence electrons. The van der Waals surface area contributed by atoms with E-state index in [1.165, 1.54) is 0 Å². The van der Waals surface area contributed by atoms with Crippen molar-refractivity contribution in [1.29, 1.82) is 0 Å². The minimum absolute atomic E-state index is 0.0713. The standard InChI is InChI=1S/C10H14N4O3/c1-13-3-2-8(12-13)11-10(17)14-5-7(6-14)4-9(15)16/h2-3,7H,4-6H2,1H3,(H,15,16)(H,11,12,17). The molecule has 0 bridgehead atoms. The minimum atomic E-state index is -0.820. The largest absolute Gasteiger partial charge is 0.481 e. The summed E-state index contributed by atoms with van der Waals surface area (Å²) in [6.45, 7) is 0.982. The van der Waals surface area contributed by atoms with Gasteiger partial charge >= 0.3 is 12.0 Å². The molecule has 2 N–H and O–H groups in total. The summed E-state index contributed by atoms with van der Waals surface area (Å²) in [6, 6.07) is 1.47. The zero-order chi connectivity index (χ0) is 12.4. The number of aromatic nitrogens is 2. The van der Waals surface area contributed by atoms with Crippen LogP contribution in [0.2, 0.25) is 0 Å². The molecule has 2 rings (SSSR count). The van der Waals surface area contributed by atoms with Gasteiger partial charge in [-0.15, -0.1) is 0 Å². The fraction of sp³-hybridized carbons (Fsp3) is 0.500. The van der Waals surface area contributed by atoms with Crippen molar-refractivity contribution in [2.24, 2.45) is 13.0 Å². The van der Waals surface area contributed by atoms with Crippen LogP contribution in [0, 0.1) is 5.92 Å². The number of hydrogen-bond acceptors (Lipinski definition) is 3. The molecule has 7 heteroatoms. The summed E-state index contributed by atoms with van der Waals surface area (Å²) in [4.78, 5) is 23.7. The van der Waals surface area contributed by atoms with Crippen molar-refractivity contribution in [2.75, 3.05) is 18.4 Å². The average molecular weight is 238 g/mol. The molecule has 2 amide bonds. The fourth-order valence-corrected chi connectivity index (χ4v) is 1.78. The Labute approximate surface area is 98.0 Å². The van der Waals surface area contributed by atoms with Crippen LogP contribution in [-0.4, -0.2) is 44.9 Å². The number of anilines is 1. The van der Waals surface area contributed by atoms with Gasteiger partial charge in [-0.1, -0.05) is 0 Å². The van der Waals surface area contributed by atoms with Gasteiger partial charge in [-0.3, -0.25) is 14.8 Å². The Kier molecular flexibility index (Phi) is 2.99. The number of rotatable bonds is 3. The molecule has 0 unspecified atom stereocenters. The smallest absolute Gasteiger partial charge is 0.323 e. The zero-order valence-electron chi connectivity index (χ0n) is 9.46. The van der Waals surface area contributed by atoms with Crippen LogP contribution < -0.4 is 5.32 Å². The van der Waals surface area contributed by atoms with E-state index in [-0.39, 0.29) is 18.4 Å². The lowest BCUT2D eigenvalue weighted by Gasteiger charge is -2.38. The summed E-state index contributed by atoms with van der Waals surface area (Å²) in [7, 11) is 1.77. The zero-order valence-corrected chi connectivity index (χ0v) is 9.46. The summed E-state index contributed by atoms with van der Waals surface area (Å²) >= 11 is 0. The van der Waals surface area contributed by atoms with Crippen molar-refractivity contribution in [1.82, 2.24) is 14.7 Å². The number of hydrogen-bond donors (Lipinski definition) is 2. The Morgan fingerprint density at radius 2 is 2.29 bits per heavy atom. The Morgan fingerprint density at radius 3 is 2.82 bits per heavy atom. The second-order valence-corrected chi connectivity index (χ2v) is 4.17. The molecule has 0 aromatic carbocycles. The Morgan fingerprint density at radius 1 is 1.59 bits per heavy atom. The first-order chi connectivity index (χ1) is 8.04. The maximum atomic E-state index is 11.7. The maximum absolute atomic E-state index is 11.7. The van der Waals surface area contributed by atoms with Crippen molar-refractivity contribution in [3.8, 4) is 0 Å². The Hall–Kier alpha value is -2.05. The van der Waals surface area contributed by atoms with Crippen LogP contribution in [0.4, 0.5) is 10.6 Å². The summed E-state index contributed by atoms with van der Waals surface area (Å²) in [5.41, 5.74) is 0. The molecule has 1 aliphatic heterocycles. The van der Waals surface area contributed by atoms with Crippen molar-refractivity contribution < 1.29 is 14.7 Å². The Bertz CT molecular complexity index is 437. The molecule has 7 nitrogen and oxygen atoms in total. The van der Waals surface area contributed by atoms with Crippen LogP contribution in [0.3, 0.4) is 0 Å². The highest BCUT2D eigenvalue weighted by atomic mass is 16.4. The second-order valence-electron chi connectivity index (χ2n) is 4.17. The normalized spacial score (nSPS) is 15.5. The summed E-state index contributed by atoms with van der Waals surface area (Å²) in [6.07, 6.45) is 1.85. The van der Waals surface area contributed by atoms with Crippen LogP contribution >= 0.6 is 0 Å². The number of carboxylic acids is 1. The minimum Gasteiger partial charge on any atom is -0.481 e. The third-order valence-electron chi connectivity index (χ3n) is 2.66. The highest BCUT2D eigenvalue weighted by molar-refractivity contribution is 5.88. The van der Waals surface area contributed by atoms with Gasteiger partial charge in [0, 0.05) is 38.3 Å². The van der Waals surface area contributed by atoms with Gasteiger partial charge in [0.1, 0.15) is 0 Å². The number of aryl methyl sites for hydroxylation is 1. The van der Waals surface area contributed by atoms with Crippen LogP contribution in [0.25, 0.3) is 0 Å². The molecule has 1 fully saturated rings. The van der Waals surface area contributed by atoms with Gasteiger partial charge in [0.15, 0.2) is 5.82 Å². The average Bonchev–Trinajstić information content (AvgIpc) is 2.56. The topological polar surface area (TPSA) is 87.5 Å². The molecule has 1 aromatic heterocycles. The number of likely N-dealkylation sites (tertiary alicyclic amines) is 1. The first kappa shape index (κ1) is 11.4. The molecule has 0 atom stereocenters. The van der Waals surface area contributed by atoms with Gasteiger partial charge in [-0.2, -0.15) is 5.10 Å². The number of urea groups is 1. The first-order valence-corrected chi connectivity index (χ1v) is 5.32. The van der Waals surface area contributed by atoms with E-state index in [0.717, 1.165) is 0 Å². The predicted octanol–water partition coefficient (Wildman–Crippen LogP) is 0.358. The van der Waals surface area contributed by atoms with Crippen molar-refractivity contribution in [3.63, 3.8) is 0 Å². The fourth-order valence-electron chi connectivity index (χ4n) is 1.78. The van der Waals surface area contributed by atoms with Crippen LogP contribution in [-0.2, 0) is 11.8 Å². The molecule has 0 spiro atoms. The summed E-state index contributed by atoms with van der Waals surface area (Å²) in [5, 5.41) is 15.2. The van der Waals surface area contributed by atoms with Gasteiger partial charge in [-0.25, -0.2) is 4.79 Å². The molecule has 0 aliphatic carbocycles. The van der Waals surface area contributed by atoms with Crippen LogP contribution in [0.15, 0.2) is 12.3 Å². The predicted molar refractivity (Wildman–Crippen MR) is 59.5 cm³/mol. The van der Waals surface area contributed by atoms with Gasteiger partial charge in [0.05, 0.1) is 6.42 Å². The van der Waals surface area contributed by atoms with E-state index in [4.69, 9.17) is 5.11 Å². The van der Waals surface area contributed by atoms with Crippen molar-refractivity contribution >= 4 is 17.8 Å². The van der Waals surface area contributed by atoms with Gasteiger partial charge in [-0.05, 0) is 0 Å². The number of carbonyl (C=O) groups excluding carboxylic acids is 1. The van der Waals surface area contributed by atoms with Crippen molar-refractivity contribution in [2.45, 2.75) is 6.42 Å². The van der Waals surface area contributed by atoms with Gasteiger partial charge in [0.25, 0.3) is 0 Å². The van der Waals surface area contributed by atoms with Crippen LogP contribution in [0.1, 0.15) is 6.42 Å². The molecule has 17 heavy (non-hydrogen) atoms. The summed E-state index contributed by atoms with van der Waals surface area (Å²) in [5.74, 6) is -0.249. The van der Waals surface area contributed by atoms with E-state index in [2.05, 4.69) is 10.4 Å². The molecule has 1 saturated heterocycles. The van der Waals surface area contributed by atoms with E-state index < -0.39 is 5.97 Å². The molecule has 2 heterocycles. The number of nitrogens with zero attached hydrogens (tertiary/aromatic N) is 3. The Balaban J connectivity index is 1.78. The molecule has 0 radical (unpaired) electrons. The van der Waals surface area contributed by atoms with Crippen LogP contribution in [0.5, 0.6) is 0 Å². The third-order valence-corrected chi connectivity index (χ3v) is 2.66. The number of aliphatic carboxylic acids is 1. The second kappa shape index (κ2) is 4.44. The molecule has 1 aromatic rings. The summed E-state index contributed by atoms with van der Waals surface area (Å²) < 4.78 is 1.60. The lowest BCUT2D eigenvalue weighted by molar-refractivity contribution is -0.139. The highest BCUT2D eigenvalue weighted by Gasteiger charge is 2.32.